The predicted octanol–water partition coefficient (Wildman–Crippen LogP) is 5.63. The molecule has 0 amide bonds. The van der Waals surface area contributed by atoms with Crippen LogP contribution in [0.4, 0.5) is 5.95 Å². The maximum absolute atomic E-state index is 13.3. The fraction of sp³-hybridized carbons (Fsp3) is 0.367. The van der Waals surface area contributed by atoms with Gasteiger partial charge in [0, 0.05) is 23.2 Å². The van der Waals surface area contributed by atoms with Gasteiger partial charge >= 0.3 is 0 Å². The molecular formula is C30H36N4O4S. The van der Waals surface area contributed by atoms with Crippen LogP contribution in [0.2, 0.25) is 0 Å². The zero-order chi connectivity index (χ0) is 28.2. The third kappa shape index (κ3) is 7.74. The number of nitrogens with one attached hydrogen (secondary N) is 1. The fourth-order valence-corrected chi connectivity index (χ4v) is 5.30. The van der Waals surface area contributed by atoms with Crippen molar-refractivity contribution in [2.75, 3.05) is 11.3 Å². The van der Waals surface area contributed by atoms with Crippen LogP contribution in [0.15, 0.2) is 59.5 Å². The van der Waals surface area contributed by atoms with Crippen molar-refractivity contribution >= 4 is 27.8 Å². The monoisotopic (exact) mass is 548 g/mol. The minimum Gasteiger partial charge on any atom is -0.476 e. The highest BCUT2D eigenvalue weighted by atomic mass is 32.2. The van der Waals surface area contributed by atoms with Crippen molar-refractivity contribution < 1.29 is 17.9 Å². The van der Waals surface area contributed by atoms with E-state index in [1.807, 2.05) is 25.1 Å². The second-order valence-electron chi connectivity index (χ2n) is 10.5. The number of ether oxygens (including phenoxy) is 1. The van der Waals surface area contributed by atoms with Gasteiger partial charge in [-0.3, -0.25) is 4.79 Å². The zero-order valence-electron chi connectivity index (χ0n) is 22.8. The summed E-state index contributed by atoms with van der Waals surface area (Å²) in [4.78, 5) is 20.7. The Bertz CT molecular complexity index is 1480. The Morgan fingerprint density at radius 2 is 1.90 bits per heavy atom. The third-order valence-electron chi connectivity index (χ3n) is 6.43. The number of nitrogens with zero attached hydrogens (tertiary/aromatic N) is 2. The number of carbonyl (C=O) groups excluding carboxylic acids is 1. The summed E-state index contributed by atoms with van der Waals surface area (Å²) in [6.07, 6.45) is 7.45. The first-order valence-electron chi connectivity index (χ1n) is 13.2. The minimum absolute atomic E-state index is 0.0606. The molecule has 0 saturated heterocycles. The molecule has 1 atom stereocenters. The molecule has 1 heterocycles. The van der Waals surface area contributed by atoms with Gasteiger partial charge in [-0.25, -0.2) is 18.1 Å². The number of anilines is 1. The van der Waals surface area contributed by atoms with E-state index in [0.717, 1.165) is 23.1 Å². The number of Topliss-reactive ketones (excluding diaryl/α,β-unsaturated/α-hetero) is 1. The number of hydrogen-bond donors (Lipinski definition) is 2. The normalized spacial score (nSPS) is 14.5. The maximum atomic E-state index is 13.3. The molecule has 4 rings (SSSR count). The molecule has 0 spiro atoms. The quantitative estimate of drug-likeness (QED) is 0.281. The van der Waals surface area contributed by atoms with Gasteiger partial charge in [-0.1, -0.05) is 56.3 Å². The van der Waals surface area contributed by atoms with E-state index < -0.39 is 10.0 Å². The predicted molar refractivity (Wildman–Crippen MR) is 154 cm³/mol. The number of ketones is 1. The Labute approximate surface area is 230 Å². The highest BCUT2D eigenvalue weighted by Gasteiger charge is 2.21. The second-order valence-corrected chi connectivity index (χ2v) is 12.2. The van der Waals surface area contributed by atoms with Gasteiger partial charge in [-0.2, -0.15) is 4.98 Å². The highest BCUT2D eigenvalue weighted by molar-refractivity contribution is 7.92. The van der Waals surface area contributed by atoms with Crippen molar-refractivity contribution in [3.8, 4) is 17.1 Å². The molecule has 0 aliphatic heterocycles. The van der Waals surface area contributed by atoms with Crippen LogP contribution in [0.5, 0.6) is 5.88 Å². The molecule has 1 fully saturated rings. The standard InChI is InChI=1S/C30H36N4O4S/c1-19(2)15-25(31)18-38-28-17-27(29-20(3)7-5-8-23(29)14-13-22-11-12-22)32-30(33-28)34-39(36,37)26-10-6-9-24(16-26)21(4)35/h5-10,13-14,16-17,19,22,25H,11-12,15,18,31H2,1-4H3,(H,32,33,34)/b14-13+/t25-/m1/s1. The molecule has 0 radical (unpaired) electrons. The van der Waals surface area contributed by atoms with Gasteiger partial charge < -0.3 is 10.5 Å². The number of hydrogen-bond acceptors (Lipinski definition) is 7. The highest BCUT2D eigenvalue weighted by Crippen LogP contribution is 2.34. The van der Waals surface area contributed by atoms with E-state index in [9.17, 15) is 13.2 Å². The molecular weight excluding hydrogens is 512 g/mol. The van der Waals surface area contributed by atoms with Gasteiger partial charge in [-0.05, 0) is 68.2 Å². The van der Waals surface area contributed by atoms with Crippen molar-refractivity contribution in [1.82, 2.24) is 9.97 Å². The van der Waals surface area contributed by atoms with Gasteiger partial charge in [0.05, 0.1) is 10.6 Å². The van der Waals surface area contributed by atoms with E-state index in [4.69, 9.17) is 10.5 Å². The lowest BCUT2D eigenvalue weighted by atomic mass is 9.98. The lowest BCUT2D eigenvalue weighted by Crippen LogP contribution is -2.29. The summed E-state index contributed by atoms with van der Waals surface area (Å²) in [5.74, 6) is 0.858. The van der Waals surface area contributed by atoms with Gasteiger partial charge in [0.15, 0.2) is 5.78 Å². The summed E-state index contributed by atoms with van der Waals surface area (Å²) in [7, 11) is -4.09. The number of nitrogens with two attached hydrogens (primary N) is 1. The van der Waals surface area contributed by atoms with Crippen molar-refractivity contribution in [3.63, 3.8) is 0 Å². The summed E-state index contributed by atoms with van der Waals surface area (Å²) in [5.41, 5.74) is 9.88. The van der Waals surface area contributed by atoms with E-state index in [2.05, 4.69) is 40.7 Å². The molecule has 1 aromatic heterocycles. The lowest BCUT2D eigenvalue weighted by Gasteiger charge is -2.17. The average Bonchev–Trinajstić information content (AvgIpc) is 3.70. The number of benzene rings is 2. The topological polar surface area (TPSA) is 124 Å². The Balaban J connectivity index is 1.74. The largest absolute Gasteiger partial charge is 0.476 e. The van der Waals surface area contributed by atoms with Crippen LogP contribution in [-0.4, -0.2) is 36.8 Å². The maximum Gasteiger partial charge on any atom is 0.264 e. The molecule has 0 unspecified atom stereocenters. The Kier molecular flexibility index (Phi) is 8.82. The molecule has 1 aliphatic carbocycles. The number of rotatable bonds is 12. The summed E-state index contributed by atoms with van der Waals surface area (Å²) in [5, 5.41) is 0. The van der Waals surface area contributed by atoms with Crippen LogP contribution < -0.4 is 15.2 Å². The van der Waals surface area contributed by atoms with Crippen LogP contribution in [0.3, 0.4) is 0 Å². The molecule has 39 heavy (non-hydrogen) atoms. The van der Waals surface area contributed by atoms with Gasteiger partial charge in [-0.15, -0.1) is 0 Å². The number of allylic oxidation sites excluding steroid dienone is 1. The molecule has 3 N–H and O–H groups in total. The zero-order valence-corrected chi connectivity index (χ0v) is 23.7. The number of aryl methyl sites for hydroxylation is 1. The van der Waals surface area contributed by atoms with Crippen molar-refractivity contribution in [1.29, 1.82) is 0 Å². The van der Waals surface area contributed by atoms with E-state index in [0.29, 0.717) is 23.1 Å². The van der Waals surface area contributed by atoms with Crippen LogP contribution in [0.1, 0.15) is 61.5 Å². The lowest BCUT2D eigenvalue weighted by molar-refractivity contribution is 0.101. The molecule has 9 heteroatoms. The Morgan fingerprint density at radius 3 is 2.59 bits per heavy atom. The number of aromatic nitrogens is 2. The van der Waals surface area contributed by atoms with Gasteiger partial charge in [0.25, 0.3) is 10.0 Å². The first-order chi connectivity index (χ1) is 18.5. The molecule has 206 valence electrons. The first kappa shape index (κ1) is 28.4. The third-order valence-corrected chi connectivity index (χ3v) is 7.76. The van der Waals surface area contributed by atoms with E-state index in [-0.39, 0.29) is 35.2 Å². The van der Waals surface area contributed by atoms with Crippen molar-refractivity contribution in [3.05, 3.63) is 71.3 Å². The van der Waals surface area contributed by atoms with E-state index in [1.54, 1.807) is 12.1 Å². The van der Waals surface area contributed by atoms with Gasteiger partial charge in [0.1, 0.15) is 6.61 Å². The smallest absolute Gasteiger partial charge is 0.264 e. The van der Waals surface area contributed by atoms with Crippen molar-refractivity contribution in [2.45, 2.75) is 57.9 Å². The minimum atomic E-state index is -4.09. The molecule has 2 aromatic carbocycles. The molecule has 1 aliphatic rings. The van der Waals surface area contributed by atoms with Crippen LogP contribution >= 0.6 is 0 Å². The second kappa shape index (κ2) is 12.1. The SMILES string of the molecule is CC(=O)c1cccc(S(=O)(=O)Nc2nc(OC[C@H](N)CC(C)C)cc(-c3c(C)cccc3/C=C/C3CC3)n2)c1. The molecule has 0 bridgehead atoms. The van der Waals surface area contributed by atoms with Crippen LogP contribution in [0.25, 0.3) is 17.3 Å². The number of carbonyl (C=O) groups is 1. The number of sulfonamides is 1. The Morgan fingerprint density at radius 1 is 1.15 bits per heavy atom. The van der Waals surface area contributed by atoms with E-state index in [1.165, 1.54) is 38.0 Å². The fourth-order valence-electron chi connectivity index (χ4n) is 4.31. The van der Waals surface area contributed by atoms with E-state index >= 15 is 0 Å². The molecule has 3 aromatic rings. The van der Waals surface area contributed by atoms with Gasteiger partial charge in [0.2, 0.25) is 11.8 Å². The summed E-state index contributed by atoms with van der Waals surface area (Å²) >= 11 is 0. The summed E-state index contributed by atoms with van der Waals surface area (Å²) in [6.45, 7) is 7.78. The molecule has 8 nitrogen and oxygen atoms in total. The molecule has 1 saturated carbocycles. The first-order valence-corrected chi connectivity index (χ1v) is 14.7. The summed E-state index contributed by atoms with van der Waals surface area (Å²) < 4.78 is 35.0. The van der Waals surface area contributed by atoms with Crippen LogP contribution in [-0.2, 0) is 10.0 Å². The summed E-state index contributed by atoms with van der Waals surface area (Å²) in [6, 6.07) is 13.4. The van der Waals surface area contributed by atoms with Crippen molar-refractivity contribution in [2.24, 2.45) is 17.6 Å². The average molecular weight is 549 g/mol. The Hall–Kier alpha value is -3.56. The van der Waals surface area contributed by atoms with Crippen LogP contribution in [0, 0.1) is 18.8 Å².